The monoisotopic (exact) mass is 460 g/mol. The van der Waals surface area contributed by atoms with Crippen LogP contribution in [0.1, 0.15) is 23.6 Å². The molecule has 0 aromatic heterocycles. The van der Waals surface area contributed by atoms with Gasteiger partial charge in [-0.05, 0) is 54.9 Å². The number of ketones is 1. The molecule has 1 atom stereocenters. The molecule has 170 valence electrons. The van der Waals surface area contributed by atoms with Gasteiger partial charge in [0.1, 0.15) is 5.76 Å². The van der Waals surface area contributed by atoms with Crippen molar-refractivity contribution >= 4 is 29.1 Å². The maximum absolute atomic E-state index is 13.0. The quantitative estimate of drug-likeness (QED) is 0.196. The second kappa shape index (κ2) is 10.5. The van der Waals surface area contributed by atoms with E-state index in [-0.39, 0.29) is 36.0 Å². The lowest BCUT2D eigenvalue weighted by Crippen LogP contribution is -2.32. The highest BCUT2D eigenvalue weighted by Gasteiger charge is 2.46. The molecule has 8 nitrogen and oxygen atoms in total. The predicted molar refractivity (Wildman–Crippen MR) is 120 cm³/mol. The Labute approximate surface area is 190 Å². The van der Waals surface area contributed by atoms with Gasteiger partial charge in [0.2, 0.25) is 0 Å². The molecule has 1 unspecified atom stereocenters. The number of benzene rings is 2. The van der Waals surface area contributed by atoms with Crippen LogP contribution in [0.3, 0.4) is 0 Å². The van der Waals surface area contributed by atoms with Crippen LogP contribution in [0.4, 0.5) is 0 Å². The van der Waals surface area contributed by atoms with Crippen molar-refractivity contribution < 1.29 is 29.6 Å². The highest BCUT2D eigenvalue weighted by molar-refractivity contribution is 6.46. The zero-order valence-corrected chi connectivity index (χ0v) is 18.3. The highest BCUT2D eigenvalue weighted by atomic mass is 35.5. The summed E-state index contributed by atoms with van der Waals surface area (Å²) in [6, 6.07) is 9.98. The number of hydrogen-bond acceptors (Lipinski definition) is 7. The fourth-order valence-corrected chi connectivity index (χ4v) is 3.79. The molecule has 3 rings (SSSR count). The SMILES string of the molecule is COc1cc(C2C(=C(O)c3ccc(Cl)cc3)C(=O)C(=O)N2CCCNCCO)ccc1O. The van der Waals surface area contributed by atoms with E-state index in [2.05, 4.69) is 5.32 Å². The number of phenolic OH excluding ortho intramolecular Hbond substituents is 1. The molecule has 32 heavy (non-hydrogen) atoms. The molecule has 2 aromatic rings. The Hall–Kier alpha value is -3.07. The topological polar surface area (TPSA) is 119 Å². The van der Waals surface area contributed by atoms with Gasteiger partial charge in [-0.3, -0.25) is 9.59 Å². The minimum Gasteiger partial charge on any atom is -0.507 e. The average molecular weight is 461 g/mol. The van der Waals surface area contributed by atoms with E-state index in [4.69, 9.17) is 21.4 Å². The largest absolute Gasteiger partial charge is 0.507 e. The van der Waals surface area contributed by atoms with Crippen molar-refractivity contribution in [2.45, 2.75) is 12.5 Å². The second-order valence-electron chi connectivity index (χ2n) is 7.26. The first-order valence-electron chi connectivity index (χ1n) is 10.1. The summed E-state index contributed by atoms with van der Waals surface area (Å²) in [5.74, 6) is -1.72. The van der Waals surface area contributed by atoms with Crippen molar-refractivity contribution in [2.75, 3.05) is 33.4 Å². The molecule has 1 fully saturated rings. The number of phenols is 1. The van der Waals surface area contributed by atoms with Crippen LogP contribution in [0.2, 0.25) is 5.02 Å². The number of hydrogen-bond donors (Lipinski definition) is 4. The van der Waals surface area contributed by atoms with E-state index >= 15 is 0 Å². The van der Waals surface area contributed by atoms with Crippen molar-refractivity contribution in [3.63, 3.8) is 0 Å². The van der Waals surface area contributed by atoms with E-state index in [9.17, 15) is 19.8 Å². The third kappa shape index (κ3) is 4.88. The van der Waals surface area contributed by atoms with Gasteiger partial charge in [0, 0.05) is 23.7 Å². The third-order valence-electron chi connectivity index (χ3n) is 5.22. The molecule has 0 radical (unpaired) electrons. The number of halogens is 1. The van der Waals surface area contributed by atoms with Gasteiger partial charge in [0.05, 0.1) is 25.3 Å². The Morgan fingerprint density at radius 3 is 2.53 bits per heavy atom. The smallest absolute Gasteiger partial charge is 0.295 e. The summed E-state index contributed by atoms with van der Waals surface area (Å²) < 4.78 is 5.19. The van der Waals surface area contributed by atoms with E-state index in [0.29, 0.717) is 35.7 Å². The standard InChI is InChI=1S/C23H25ClN2O6/c1-32-18-13-15(5-8-17(18)28)20-19(21(29)14-3-6-16(24)7-4-14)22(30)23(31)26(20)11-2-9-25-10-12-27/h3-8,13,20,25,27-29H,2,9-12H2,1H3. The molecule has 1 heterocycles. The Balaban J connectivity index is 2.05. The molecule has 1 amide bonds. The van der Waals surface area contributed by atoms with Crippen LogP contribution < -0.4 is 10.1 Å². The van der Waals surface area contributed by atoms with E-state index in [1.165, 1.54) is 24.1 Å². The van der Waals surface area contributed by atoms with Crippen LogP contribution in [0.15, 0.2) is 48.0 Å². The number of methoxy groups -OCH3 is 1. The zero-order valence-electron chi connectivity index (χ0n) is 17.5. The molecule has 1 aliphatic rings. The summed E-state index contributed by atoms with van der Waals surface area (Å²) in [5.41, 5.74) is 0.818. The number of likely N-dealkylation sites (tertiary alicyclic amines) is 1. The third-order valence-corrected chi connectivity index (χ3v) is 5.47. The number of Topliss-reactive ketones (excluding diaryl/α,β-unsaturated/α-hetero) is 1. The first kappa shape index (κ1) is 23.6. The molecule has 0 saturated carbocycles. The second-order valence-corrected chi connectivity index (χ2v) is 7.69. The lowest BCUT2D eigenvalue weighted by Gasteiger charge is -2.26. The summed E-state index contributed by atoms with van der Waals surface area (Å²) >= 11 is 5.93. The van der Waals surface area contributed by atoms with Gasteiger partial charge < -0.3 is 30.3 Å². The number of amides is 1. The van der Waals surface area contributed by atoms with Crippen LogP contribution in [-0.4, -0.2) is 65.3 Å². The Bertz CT molecular complexity index is 1020. The number of nitrogens with zero attached hydrogens (tertiary/aromatic N) is 1. The van der Waals surface area contributed by atoms with Gasteiger partial charge in [-0.2, -0.15) is 0 Å². The van der Waals surface area contributed by atoms with Gasteiger partial charge in [0.15, 0.2) is 11.5 Å². The van der Waals surface area contributed by atoms with Crippen LogP contribution in [0, 0.1) is 0 Å². The predicted octanol–water partition coefficient (Wildman–Crippen LogP) is 2.45. The van der Waals surface area contributed by atoms with E-state index < -0.39 is 17.7 Å². The maximum Gasteiger partial charge on any atom is 0.295 e. The zero-order chi connectivity index (χ0) is 23.3. The van der Waals surface area contributed by atoms with E-state index in [0.717, 1.165) is 0 Å². The van der Waals surface area contributed by atoms with Gasteiger partial charge in [0.25, 0.3) is 11.7 Å². The summed E-state index contributed by atoms with van der Waals surface area (Å²) in [6.07, 6.45) is 0.528. The molecule has 0 aliphatic carbocycles. The molecule has 1 saturated heterocycles. The average Bonchev–Trinajstić information content (AvgIpc) is 3.04. The molecule has 4 N–H and O–H groups in total. The van der Waals surface area contributed by atoms with Crippen LogP contribution >= 0.6 is 11.6 Å². The van der Waals surface area contributed by atoms with Crippen molar-refractivity contribution in [1.29, 1.82) is 0 Å². The molecule has 0 bridgehead atoms. The van der Waals surface area contributed by atoms with Crippen molar-refractivity contribution in [1.82, 2.24) is 10.2 Å². The van der Waals surface area contributed by atoms with E-state index in [1.54, 1.807) is 30.3 Å². The normalized spacial score (nSPS) is 17.7. The summed E-state index contributed by atoms with van der Waals surface area (Å²) in [5, 5.41) is 33.4. The first-order chi connectivity index (χ1) is 15.4. The Morgan fingerprint density at radius 2 is 1.88 bits per heavy atom. The molecule has 1 aliphatic heterocycles. The van der Waals surface area contributed by atoms with Gasteiger partial charge in [-0.15, -0.1) is 0 Å². The lowest BCUT2D eigenvalue weighted by molar-refractivity contribution is -0.139. The van der Waals surface area contributed by atoms with Gasteiger partial charge in [-0.1, -0.05) is 17.7 Å². The number of aromatic hydroxyl groups is 1. The van der Waals surface area contributed by atoms with Crippen LogP contribution in [-0.2, 0) is 9.59 Å². The van der Waals surface area contributed by atoms with Crippen LogP contribution in [0.5, 0.6) is 11.5 Å². The highest BCUT2D eigenvalue weighted by Crippen LogP contribution is 2.41. The Morgan fingerprint density at radius 1 is 1.16 bits per heavy atom. The molecular weight excluding hydrogens is 436 g/mol. The van der Waals surface area contributed by atoms with E-state index in [1.807, 2.05) is 0 Å². The van der Waals surface area contributed by atoms with Gasteiger partial charge in [-0.25, -0.2) is 0 Å². The number of ether oxygens (including phenoxy) is 1. The molecule has 2 aromatic carbocycles. The van der Waals surface area contributed by atoms with Crippen molar-refractivity contribution in [3.8, 4) is 11.5 Å². The van der Waals surface area contributed by atoms with Gasteiger partial charge >= 0.3 is 0 Å². The fraction of sp³-hybridized carbons (Fsp3) is 0.304. The molecule has 9 heteroatoms. The first-order valence-corrected chi connectivity index (χ1v) is 10.5. The maximum atomic E-state index is 13.0. The minimum absolute atomic E-state index is 0.00108. The summed E-state index contributed by atoms with van der Waals surface area (Å²) in [7, 11) is 1.40. The molecule has 0 spiro atoms. The Kier molecular flexibility index (Phi) is 7.74. The minimum atomic E-state index is -0.863. The number of carbonyl (C=O) groups excluding carboxylic acids is 2. The number of aliphatic hydroxyl groups excluding tert-OH is 2. The summed E-state index contributed by atoms with van der Waals surface area (Å²) in [4.78, 5) is 27.3. The van der Waals surface area contributed by atoms with Crippen molar-refractivity contribution in [3.05, 3.63) is 64.2 Å². The number of aliphatic hydroxyl groups is 2. The summed E-state index contributed by atoms with van der Waals surface area (Å²) in [6.45, 7) is 1.20. The van der Waals surface area contributed by atoms with Crippen LogP contribution in [0.25, 0.3) is 5.76 Å². The molecular formula is C23H25ClN2O6. The number of nitrogens with one attached hydrogen (secondary N) is 1. The fourth-order valence-electron chi connectivity index (χ4n) is 3.66. The number of rotatable bonds is 9. The number of carbonyl (C=O) groups is 2. The van der Waals surface area contributed by atoms with Crippen molar-refractivity contribution in [2.24, 2.45) is 0 Å². The lowest BCUT2D eigenvalue weighted by atomic mass is 9.95.